The summed E-state index contributed by atoms with van der Waals surface area (Å²) in [5.74, 6) is 0. The van der Waals surface area contributed by atoms with E-state index in [1.807, 2.05) is 0 Å². The van der Waals surface area contributed by atoms with E-state index in [4.69, 9.17) is 0 Å². The first-order valence-corrected chi connectivity index (χ1v) is 6.59. The van der Waals surface area contributed by atoms with Gasteiger partial charge >= 0.3 is 0 Å². The van der Waals surface area contributed by atoms with E-state index >= 15 is 0 Å². The number of hydrogen-bond donors (Lipinski definition) is 0. The molecule has 1 N–H and O–H groups in total. The Labute approximate surface area is 96.6 Å². The normalized spacial score (nSPS) is 11.2. The number of quaternary nitrogens is 1. The summed E-state index contributed by atoms with van der Waals surface area (Å²) in [5, 5.41) is 0. The molecule has 0 saturated carbocycles. The van der Waals surface area contributed by atoms with Gasteiger partial charge in [0, 0.05) is 0 Å². The molecule has 0 bridgehead atoms. The van der Waals surface area contributed by atoms with Crippen molar-refractivity contribution in [1.82, 2.24) is 0 Å². The lowest BCUT2D eigenvalue weighted by atomic mass is 10.1. The second-order valence-electron chi connectivity index (χ2n) is 4.43. The molecule has 0 aromatic carbocycles. The highest BCUT2D eigenvalue weighted by molar-refractivity contribution is 4.44. The first-order valence-electron chi connectivity index (χ1n) is 6.59. The average Bonchev–Trinajstić information content (AvgIpc) is 2.24. The summed E-state index contributed by atoms with van der Waals surface area (Å²) in [4.78, 5) is 0. The Morgan fingerprint density at radius 1 is 0.667 bits per heavy atom. The minimum atomic E-state index is 0. The van der Waals surface area contributed by atoms with Gasteiger partial charge in [-0.3, -0.25) is 0 Å². The molecule has 0 spiro atoms. The third kappa shape index (κ3) is 6.91. The third-order valence-corrected chi connectivity index (χ3v) is 3.75. The maximum absolute atomic E-state index is 2.33. The molecule has 0 amide bonds. The molecule has 0 radical (unpaired) electrons. The van der Waals surface area contributed by atoms with Crippen LogP contribution in [0.4, 0.5) is 0 Å². The highest BCUT2D eigenvalue weighted by atomic mass is 16.0. The lowest BCUT2D eigenvalue weighted by molar-refractivity contribution is -0.923. The van der Waals surface area contributed by atoms with Crippen LogP contribution in [0.3, 0.4) is 0 Å². The molecule has 0 unspecified atom stereocenters. The van der Waals surface area contributed by atoms with Crippen LogP contribution in [0, 0.1) is 0 Å². The molecule has 0 saturated heterocycles. The van der Waals surface area contributed by atoms with E-state index in [-0.39, 0.29) is 5.48 Å². The van der Waals surface area contributed by atoms with Gasteiger partial charge in [-0.1, -0.05) is 26.2 Å². The smallest absolute Gasteiger partial charge is 0.0786 e. The molecule has 0 fully saturated rings. The van der Waals surface area contributed by atoms with Gasteiger partial charge in [0.15, 0.2) is 0 Å². The van der Waals surface area contributed by atoms with Crippen LogP contribution >= 0.6 is 0 Å². The molecular weight excluding hydrogens is 186 g/mol. The van der Waals surface area contributed by atoms with Crippen LogP contribution < -0.4 is 0 Å². The Morgan fingerprint density at radius 2 is 1.13 bits per heavy atom. The minimum absolute atomic E-state index is 0. The van der Waals surface area contributed by atoms with E-state index in [0.717, 1.165) is 0 Å². The van der Waals surface area contributed by atoms with Crippen LogP contribution in [0.15, 0.2) is 0 Å². The summed E-state index contributed by atoms with van der Waals surface area (Å²) in [6, 6.07) is 0. The Balaban J connectivity index is 0. The lowest BCUT2D eigenvalue weighted by Gasteiger charge is -2.35. The fourth-order valence-corrected chi connectivity index (χ4v) is 2.20. The molecule has 0 rings (SSSR count). The van der Waals surface area contributed by atoms with Gasteiger partial charge in [-0.25, -0.2) is 0 Å². The Morgan fingerprint density at radius 3 is 1.53 bits per heavy atom. The van der Waals surface area contributed by atoms with Gasteiger partial charge in [-0.05, 0) is 33.6 Å². The lowest BCUT2D eigenvalue weighted by Crippen LogP contribution is -2.48. The average molecular weight is 217 g/mol. The van der Waals surface area contributed by atoms with Gasteiger partial charge in [0.25, 0.3) is 0 Å². The first kappa shape index (κ1) is 17.3. The molecule has 0 aliphatic carbocycles. The van der Waals surface area contributed by atoms with Crippen LogP contribution in [-0.2, 0) is 0 Å². The highest BCUT2D eigenvalue weighted by Gasteiger charge is 2.19. The van der Waals surface area contributed by atoms with Crippen LogP contribution in [0.1, 0.15) is 59.8 Å². The van der Waals surface area contributed by atoms with Gasteiger partial charge in [0.2, 0.25) is 0 Å². The molecule has 0 aliphatic rings. The standard InChI is InChI=1S/C13H30N.H2O/c1-5-9-10-11-12-13-14(6-2,7-3)8-4;/h5-13H2,1-4H3;1H2/q+1;/p-1. The zero-order valence-corrected chi connectivity index (χ0v) is 11.3. The van der Waals surface area contributed by atoms with Crippen molar-refractivity contribution in [3.8, 4) is 0 Å². The summed E-state index contributed by atoms with van der Waals surface area (Å²) in [5.41, 5.74) is 0. The van der Waals surface area contributed by atoms with E-state index in [2.05, 4.69) is 27.7 Å². The van der Waals surface area contributed by atoms with E-state index in [1.54, 1.807) is 0 Å². The maximum Gasteiger partial charge on any atom is 0.0786 e. The Bertz CT molecular complexity index is 113. The largest absolute Gasteiger partial charge is 0.870 e. The summed E-state index contributed by atoms with van der Waals surface area (Å²) in [6.07, 6.45) is 7.08. The SMILES string of the molecule is CCCCCCC[N+](CC)(CC)CC.[OH-]. The number of nitrogens with zero attached hydrogens (tertiary/aromatic N) is 1. The highest BCUT2D eigenvalue weighted by Crippen LogP contribution is 2.10. The monoisotopic (exact) mass is 217 g/mol. The summed E-state index contributed by atoms with van der Waals surface area (Å²) in [7, 11) is 0. The summed E-state index contributed by atoms with van der Waals surface area (Å²) < 4.78 is 1.33. The number of rotatable bonds is 9. The van der Waals surface area contributed by atoms with Crippen molar-refractivity contribution in [3.05, 3.63) is 0 Å². The van der Waals surface area contributed by atoms with Crippen molar-refractivity contribution in [3.63, 3.8) is 0 Å². The zero-order chi connectivity index (χ0) is 10.9. The third-order valence-electron chi connectivity index (χ3n) is 3.75. The molecule has 0 atom stereocenters. The Hall–Kier alpha value is -0.0800. The molecular formula is C13H31NO. The minimum Gasteiger partial charge on any atom is -0.870 e. The van der Waals surface area contributed by atoms with Crippen LogP contribution in [-0.4, -0.2) is 36.1 Å². The van der Waals surface area contributed by atoms with Crippen molar-refractivity contribution in [2.75, 3.05) is 26.2 Å². The van der Waals surface area contributed by atoms with E-state index < -0.39 is 0 Å². The molecule has 0 aliphatic heterocycles. The van der Waals surface area contributed by atoms with Crippen LogP contribution in [0.25, 0.3) is 0 Å². The van der Waals surface area contributed by atoms with Crippen molar-refractivity contribution in [2.45, 2.75) is 59.8 Å². The van der Waals surface area contributed by atoms with E-state index in [0.29, 0.717) is 0 Å². The predicted molar refractivity (Wildman–Crippen MR) is 67.4 cm³/mol. The molecule has 0 aromatic heterocycles. The van der Waals surface area contributed by atoms with Gasteiger partial charge in [-0.2, -0.15) is 0 Å². The second-order valence-corrected chi connectivity index (χ2v) is 4.43. The molecule has 2 nitrogen and oxygen atoms in total. The van der Waals surface area contributed by atoms with Gasteiger partial charge in [-0.15, -0.1) is 0 Å². The summed E-state index contributed by atoms with van der Waals surface area (Å²) >= 11 is 0. The quantitative estimate of drug-likeness (QED) is 0.428. The molecule has 94 valence electrons. The second kappa shape index (κ2) is 10.4. The topological polar surface area (TPSA) is 30.0 Å². The van der Waals surface area contributed by atoms with Crippen LogP contribution in [0.5, 0.6) is 0 Å². The fraction of sp³-hybridized carbons (Fsp3) is 1.00. The van der Waals surface area contributed by atoms with Crippen LogP contribution in [0.2, 0.25) is 0 Å². The van der Waals surface area contributed by atoms with Gasteiger partial charge in [0.1, 0.15) is 0 Å². The van der Waals surface area contributed by atoms with Gasteiger partial charge in [0.05, 0.1) is 26.2 Å². The van der Waals surface area contributed by atoms with E-state index in [9.17, 15) is 0 Å². The number of unbranched alkanes of at least 4 members (excludes halogenated alkanes) is 4. The Kier molecular flexibility index (Phi) is 12.1. The van der Waals surface area contributed by atoms with Crippen molar-refractivity contribution in [2.24, 2.45) is 0 Å². The van der Waals surface area contributed by atoms with Crippen molar-refractivity contribution < 1.29 is 9.96 Å². The molecule has 15 heavy (non-hydrogen) atoms. The maximum atomic E-state index is 2.33. The summed E-state index contributed by atoms with van der Waals surface area (Å²) in [6.45, 7) is 14.6. The van der Waals surface area contributed by atoms with Crippen molar-refractivity contribution in [1.29, 1.82) is 0 Å². The van der Waals surface area contributed by atoms with Gasteiger partial charge < -0.3 is 9.96 Å². The van der Waals surface area contributed by atoms with Crippen molar-refractivity contribution >= 4 is 0 Å². The molecule has 0 heterocycles. The molecule has 0 aromatic rings. The molecule has 2 heteroatoms. The predicted octanol–water partition coefficient (Wildman–Crippen LogP) is 3.66. The number of hydrogen-bond acceptors (Lipinski definition) is 1. The first-order chi connectivity index (χ1) is 6.74. The zero-order valence-electron chi connectivity index (χ0n) is 11.3. The van der Waals surface area contributed by atoms with E-state index in [1.165, 1.54) is 62.8 Å². The fourth-order valence-electron chi connectivity index (χ4n) is 2.20.